The summed E-state index contributed by atoms with van der Waals surface area (Å²) in [7, 11) is 0. The summed E-state index contributed by atoms with van der Waals surface area (Å²) in [5.74, 6) is -0.715. The van der Waals surface area contributed by atoms with Crippen LogP contribution >= 0.6 is 11.6 Å². The van der Waals surface area contributed by atoms with Crippen molar-refractivity contribution in [2.24, 2.45) is 0 Å². The number of nitrogens with zero attached hydrogens (tertiary/aromatic N) is 2. The quantitative estimate of drug-likeness (QED) is 0.899. The van der Waals surface area contributed by atoms with Gasteiger partial charge in [0, 0.05) is 25.1 Å². The number of nitrogens with one attached hydrogen (secondary N) is 1. The van der Waals surface area contributed by atoms with Crippen molar-refractivity contribution in [1.82, 2.24) is 9.97 Å². The molecule has 2 N–H and O–H groups in total. The maximum Gasteiger partial charge on any atom is 0.337 e. The zero-order valence-corrected chi connectivity index (χ0v) is 11.0. The number of aromatic carboxylic acids is 1. The van der Waals surface area contributed by atoms with Crippen molar-refractivity contribution >= 4 is 23.4 Å². The Hall–Kier alpha value is -2.14. The number of carboxylic acid groups (broad SMARTS) is 1. The Labute approximate surface area is 115 Å². The van der Waals surface area contributed by atoms with E-state index in [0.717, 1.165) is 11.1 Å². The van der Waals surface area contributed by atoms with Crippen molar-refractivity contribution in [3.8, 4) is 0 Å². The van der Waals surface area contributed by atoms with E-state index in [-0.39, 0.29) is 10.6 Å². The lowest BCUT2D eigenvalue weighted by Gasteiger charge is -2.10. The average molecular weight is 278 g/mol. The maximum atomic E-state index is 11.0. The minimum Gasteiger partial charge on any atom is -0.478 e. The predicted octanol–water partition coefficient (Wildman–Crippen LogP) is 2.75. The van der Waals surface area contributed by atoms with Gasteiger partial charge < -0.3 is 10.4 Å². The van der Waals surface area contributed by atoms with Gasteiger partial charge in [0.15, 0.2) is 0 Å². The third kappa shape index (κ3) is 3.00. The molecule has 2 heterocycles. The lowest BCUT2D eigenvalue weighted by Crippen LogP contribution is -2.06. The molecule has 0 aliphatic heterocycles. The molecule has 6 heteroatoms. The molecule has 0 aliphatic carbocycles. The topological polar surface area (TPSA) is 75.1 Å². The SMILES string of the molecule is Cc1cnccc1CNc1nccc(C(=O)O)c1Cl. The van der Waals surface area contributed by atoms with E-state index in [4.69, 9.17) is 16.7 Å². The largest absolute Gasteiger partial charge is 0.478 e. The van der Waals surface area contributed by atoms with Gasteiger partial charge in [-0.25, -0.2) is 9.78 Å². The number of carboxylic acids is 1. The highest BCUT2D eigenvalue weighted by Gasteiger charge is 2.13. The summed E-state index contributed by atoms with van der Waals surface area (Å²) in [6.07, 6.45) is 4.88. The Morgan fingerprint density at radius 3 is 2.89 bits per heavy atom. The number of hydrogen-bond acceptors (Lipinski definition) is 4. The predicted molar refractivity (Wildman–Crippen MR) is 72.5 cm³/mol. The summed E-state index contributed by atoms with van der Waals surface area (Å²) in [6.45, 7) is 2.46. The third-order valence-corrected chi connectivity index (χ3v) is 3.08. The van der Waals surface area contributed by atoms with Crippen LogP contribution in [0.15, 0.2) is 30.7 Å². The molecule has 0 amide bonds. The van der Waals surface area contributed by atoms with Gasteiger partial charge >= 0.3 is 5.97 Å². The molecule has 0 unspecified atom stereocenters. The summed E-state index contributed by atoms with van der Waals surface area (Å²) in [6, 6.07) is 3.25. The zero-order chi connectivity index (χ0) is 13.8. The van der Waals surface area contributed by atoms with E-state index in [1.54, 1.807) is 12.4 Å². The minimum absolute atomic E-state index is 0.0330. The fourth-order valence-corrected chi connectivity index (χ4v) is 1.87. The Bertz CT molecular complexity index is 617. The summed E-state index contributed by atoms with van der Waals surface area (Å²) in [5.41, 5.74) is 2.12. The first kappa shape index (κ1) is 13.3. The van der Waals surface area contributed by atoms with Gasteiger partial charge in [-0.15, -0.1) is 0 Å². The summed E-state index contributed by atoms with van der Waals surface area (Å²) in [4.78, 5) is 19.0. The number of anilines is 1. The van der Waals surface area contributed by atoms with Crippen molar-refractivity contribution in [2.75, 3.05) is 5.32 Å². The van der Waals surface area contributed by atoms with Gasteiger partial charge in [0.1, 0.15) is 5.82 Å². The smallest absolute Gasteiger partial charge is 0.337 e. The van der Waals surface area contributed by atoms with Crippen LogP contribution in [0.4, 0.5) is 5.82 Å². The van der Waals surface area contributed by atoms with Gasteiger partial charge in [0.05, 0.1) is 10.6 Å². The molecule has 0 fully saturated rings. The summed E-state index contributed by atoms with van der Waals surface area (Å²) < 4.78 is 0. The van der Waals surface area contributed by atoms with E-state index in [1.807, 2.05) is 13.0 Å². The Morgan fingerprint density at radius 1 is 1.42 bits per heavy atom. The van der Waals surface area contributed by atoms with Crippen LogP contribution in [0.1, 0.15) is 21.5 Å². The van der Waals surface area contributed by atoms with E-state index in [9.17, 15) is 4.79 Å². The Balaban J connectivity index is 2.19. The van der Waals surface area contributed by atoms with Crippen LogP contribution in [0, 0.1) is 6.92 Å². The minimum atomic E-state index is -1.07. The highest BCUT2D eigenvalue weighted by atomic mass is 35.5. The normalized spacial score (nSPS) is 10.2. The lowest BCUT2D eigenvalue weighted by molar-refractivity contribution is 0.0697. The Morgan fingerprint density at radius 2 is 2.21 bits per heavy atom. The lowest BCUT2D eigenvalue weighted by atomic mass is 10.1. The zero-order valence-electron chi connectivity index (χ0n) is 10.2. The van der Waals surface area contributed by atoms with Crippen LogP contribution in [-0.4, -0.2) is 21.0 Å². The van der Waals surface area contributed by atoms with Crippen LogP contribution in [0.25, 0.3) is 0 Å². The number of rotatable bonds is 4. The molecule has 19 heavy (non-hydrogen) atoms. The molecule has 0 aliphatic rings. The molecular formula is C13H12ClN3O2. The van der Waals surface area contributed by atoms with Crippen LogP contribution < -0.4 is 5.32 Å². The second-order valence-electron chi connectivity index (χ2n) is 3.98. The number of halogens is 1. The van der Waals surface area contributed by atoms with Crippen molar-refractivity contribution in [3.05, 3.63) is 52.4 Å². The van der Waals surface area contributed by atoms with Gasteiger partial charge in [0.25, 0.3) is 0 Å². The Kier molecular flexibility index (Phi) is 3.97. The van der Waals surface area contributed by atoms with Crippen molar-refractivity contribution in [3.63, 3.8) is 0 Å². The second kappa shape index (κ2) is 5.67. The fraction of sp³-hybridized carbons (Fsp3) is 0.154. The number of carbonyl (C=O) groups is 1. The van der Waals surface area contributed by atoms with Gasteiger partial charge in [-0.3, -0.25) is 4.98 Å². The average Bonchev–Trinajstić information content (AvgIpc) is 2.39. The van der Waals surface area contributed by atoms with Crippen LogP contribution in [0.5, 0.6) is 0 Å². The molecule has 0 saturated heterocycles. The number of pyridine rings is 2. The van der Waals surface area contributed by atoms with Gasteiger partial charge in [0.2, 0.25) is 0 Å². The van der Waals surface area contributed by atoms with Gasteiger partial charge in [-0.05, 0) is 30.2 Å². The van der Waals surface area contributed by atoms with Gasteiger partial charge in [-0.2, -0.15) is 0 Å². The molecule has 0 bridgehead atoms. The van der Waals surface area contributed by atoms with Crippen molar-refractivity contribution < 1.29 is 9.90 Å². The molecule has 2 aromatic rings. The third-order valence-electron chi connectivity index (χ3n) is 2.70. The molecule has 5 nitrogen and oxygen atoms in total. The molecule has 0 saturated carbocycles. The van der Waals surface area contributed by atoms with Crippen LogP contribution in [0.3, 0.4) is 0 Å². The number of hydrogen-bond donors (Lipinski definition) is 2. The molecule has 0 aromatic carbocycles. The molecule has 0 spiro atoms. The monoisotopic (exact) mass is 277 g/mol. The standard InChI is InChI=1S/C13H12ClN3O2/c1-8-6-15-4-2-9(8)7-17-12-11(14)10(13(18)19)3-5-16-12/h2-6H,7H2,1H3,(H,16,17)(H,18,19). The number of aromatic nitrogens is 2. The fourth-order valence-electron chi connectivity index (χ4n) is 1.61. The van der Waals surface area contributed by atoms with Crippen LogP contribution in [0.2, 0.25) is 5.02 Å². The van der Waals surface area contributed by atoms with E-state index >= 15 is 0 Å². The first-order chi connectivity index (χ1) is 9.09. The van der Waals surface area contributed by atoms with Crippen molar-refractivity contribution in [2.45, 2.75) is 13.5 Å². The summed E-state index contributed by atoms with van der Waals surface area (Å²) in [5, 5.41) is 12.1. The molecule has 0 radical (unpaired) electrons. The van der Waals surface area contributed by atoms with Crippen molar-refractivity contribution in [1.29, 1.82) is 0 Å². The van der Waals surface area contributed by atoms with Crippen LogP contribution in [-0.2, 0) is 6.54 Å². The van der Waals surface area contributed by atoms with E-state index in [1.165, 1.54) is 12.3 Å². The van der Waals surface area contributed by atoms with E-state index < -0.39 is 5.97 Å². The molecular weight excluding hydrogens is 266 g/mol. The first-order valence-electron chi connectivity index (χ1n) is 5.60. The molecule has 2 aromatic heterocycles. The highest BCUT2D eigenvalue weighted by molar-refractivity contribution is 6.35. The maximum absolute atomic E-state index is 11.0. The van der Waals surface area contributed by atoms with Gasteiger partial charge in [-0.1, -0.05) is 11.6 Å². The molecule has 2 rings (SSSR count). The number of aryl methyl sites for hydroxylation is 1. The summed E-state index contributed by atoms with van der Waals surface area (Å²) >= 11 is 5.99. The molecule has 98 valence electrons. The highest BCUT2D eigenvalue weighted by Crippen LogP contribution is 2.24. The van der Waals surface area contributed by atoms with E-state index in [2.05, 4.69) is 15.3 Å². The first-order valence-corrected chi connectivity index (χ1v) is 5.98. The van der Waals surface area contributed by atoms with E-state index in [0.29, 0.717) is 12.4 Å². The molecule has 0 atom stereocenters. The second-order valence-corrected chi connectivity index (χ2v) is 4.36.